The molecule has 0 aliphatic heterocycles. The first kappa shape index (κ1) is 15.0. The van der Waals surface area contributed by atoms with Crippen molar-refractivity contribution >= 4 is 0 Å². The normalized spacial score (nSPS) is 15.7. The fourth-order valence-electron chi connectivity index (χ4n) is 1.54. The topological polar surface area (TPSA) is 15.3 Å². The second-order valence-corrected chi connectivity index (χ2v) is 4.61. The molecule has 0 heterocycles. The van der Waals surface area contributed by atoms with E-state index >= 15 is 0 Å². The predicted octanol–water partition coefficient (Wildman–Crippen LogP) is 2.83. The number of hydrogen-bond acceptors (Lipinski definition) is 2. The highest BCUT2D eigenvalue weighted by atomic mass is 19.4. The van der Waals surface area contributed by atoms with Gasteiger partial charge < -0.3 is 10.2 Å². The third kappa shape index (κ3) is 4.31. The molecule has 0 spiro atoms. The average molecular weight is 260 g/mol. The molecular weight excluding hydrogens is 241 g/mol. The minimum absolute atomic E-state index is 0.0403. The summed E-state index contributed by atoms with van der Waals surface area (Å²) in [6, 6.07) is 6.35. The molecule has 0 fully saturated rings. The summed E-state index contributed by atoms with van der Waals surface area (Å²) >= 11 is 0. The Hall–Kier alpha value is -1.07. The second-order valence-electron chi connectivity index (χ2n) is 4.61. The van der Waals surface area contributed by atoms with Crippen LogP contribution in [0, 0.1) is 0 Å². The summed E-state index contributed by atoms with van der Waals surface area (Å²) in [6.07, 6.45) is -4.28. The highest BCUT2D eigenvalue weighted by Crippen LogP contribution is 2.32. The minimum atomic E-state index is -4.28. The van der Waals surface area contributed by atoms with Crippen LogP contribution in [-0.4, -0.2) is 37.8 Å². The highest BCUT2D eigenvalue weighted by Gasteiger charge is 2.40. The maximum absolute atomic E-state index is 13.0. The third-order valence-corrected chi connectivity index (χ3v) is 2.96. The molecule has 0 amide bonds. The molecule has 1 rings (SSSR count). The van der Waals surface area contributed by atoms with E-state index in [9.17, 15) is 13.2 Å². The van der Waals surface area contributed by atoms with Crippen molar-refractivity contribution in [2.75, 3.05) is 20.6 Å². The largest absolute Gasteiger partial charge is 0.407 e. The molecule has 5 heteroatoms. The van der Waals surface area contributed by atoms with Crippen LogP contribution in [0.4, 0.5) is 13.2 Å². The lowest BCUT2D eigenvalue weighted by Gasteiger charge is -2.26. The van der Waals surface area contributed by atoms with Crippen LogP contribution < -0.4 is 5.32 Å². The van der Waals surface area contributed by atoms with E-state index in [1.807, 2.05) is 25.9 Å². The Kier molecular flexibility index (Phi) is 5.16. The molecule has 0 aliphatic rings. The molecule has 0 saturated heterocycles. The van der Waals surface area contributed by atoms with Crippen molar-refractivity contribution in [2.24, 2.45) is 0 Å². The van der Waals surface area contributed by atoms with Crippen LogP contribution in [0.3, 0.4) is 0 Å². The van der Waals surface area contributed by atoms with E-state index in [-0.39, 0.29) is 18.2 Å². The lowest BCUT2D eigenvalue weighted by Crippen LogP contribution is -2.41. The maximum atomic E-state index is 13.0. The van der Waals surface area contributed by atoms with Gasteiger partial charge in [0.1, 0.15) is 6.04 Å². The van der Waals surface area contributed by atoms with Crippen molar-refractivity contribution in [1.29, 1.82) is 0 Å². The van der Waals surface area contributed by atoms with Gasteiger partial charge in [-0.2, -0.15) is 13.2 Å². The Morgan fingerprint density at radius 3 is 2.17 bits per heavy atom. The van der Waals surface area contributed by atoms with E-state index in [0.717, 1.165) is 0 Å². The lowest BCUT2D eigenvalue weighted by atomic mass is 10.1. The van der Waals surface area contributed by atoms with Gasteiger partial charge in [-0.25, -0.2) is 0 Å². The van der Waals surface area contributed by atoms with Gasteiger partial charge in [0.25, 0.3) is 0 Å². The summed E-state index contributed by atoms with van der Waals surface area (Å²) in [5.41, 5.74) is 0.246. The van der Waals surface area contributed by atoms with Crippen LogP contribution in [0.5, 0.6) is 0 Å². The van der Waals surface area contributed by atoms with Gasteiger partial charge in [0, 0.05) is 12.6 Å². The van der Waals surface area contributed by atoms with Crippen LogP contribution in [-0.2, 0) is 0 Å². The molecule has 0 radical (unpaired) electrons. The predicted molar refractivity (Wildman–Crippen MR) is 66.4 cm³/mol. The number of nitrogens with zero attached hydrogens (tertiary/aromatic N) is 1. The molecule has 102 valence electrons. The van der Waals surface area contributed by atoms with Crippen molar-refractivity contribution in [3.63, 3.8) is 0 Å². The zero-order chi connectivity index (χ0) is 13.8. The first-order valence-corrected chi connectivity index (χ1v) is 5.84. The lowest BCUT2D eigenvalue weighted by molar-refractivity contribution is -0.158. The first-order valence-electron chi connectivity index (χ1n) is 5.84. The van der Waals surface area contributed by atoms with Crippen LogP contribution in [0.15, 0.2) is 30.3 Å². The van der Waals surface area contributed by atoms with Gasteiger partial charge in [0.15, 0.2) is 0 Å². The smallest absolute Gasteiger partial charge is 0.305 e. The summed E-state index contributed by atoms with van der Waals surface area (Å²) in [4.78, 5) is 1.88. The van der Waals surface area contributed by atoms with Gasteiger partial charge in [-0.1, -0.05) is 30.3 Å². The maximum Gasteiger partial charge on any atom is 0.407 e. The number of hydrogen-bond donors (Lipinski definition) is 1. The van der Waals surface area contributed by atoms with E-state index in [0.29, 0.717) is 0 Å². The van der Waals surface area contributed by atoms with Crippen molar-refractivity contribution in [3.05, 3.63) is 35.9 Å². The molecule has 0 aromatic heterocycles. The van der Waals surface area contributed by atoms with Crippen molar-refractivity contribution in [3.8, 4) is 0 Å². The summed E-state index contributed by atoms with van der Waals surface area (Å²) in [6.45, 7) is 2.16. The van der Waals surface area contributed by atoms with Crippen molar-refractivity contribution in [1.82, 2.24) is 10.2 Å². The molecule has 2 nitrogen and oxygen atoms in total. The summed E-state index contributed by atoms with van der Waals surface area (Å²) in [5, 5.41) is 2.59. The second kappa shape index (κ2) is 6.20. The number of rotatable bonds is 5. The molecule has 1 aromatic rings. The van der Waals surface area contributed by atoms with Crippen LogP contribution in [0.1, 0.15) is 18.5 Å². The van der Waals surface area contributed by atoms with Gasteiger partial charge in [-0.3, -0.25) is 0 Å². The SMILES string of the molecule is CC(CNC(c1ccccc1)C(F)(F)F)N(C)C. The molecule has 0 aliphatic carbocycles. The average Bonchev–Trinajstić information content (AvgIpc) is 2.28. The minimum Gasteiger partial charge on any atom is -0.305 e. The van der Waals surface area contributed by atoms with Crippen molar-refractivity contribution in [2.45, 2.75) is 25.2 Å². The molecule has 0 saturated carbocycles. The molecule has 1 aromatic carbocycles. The first-order chi connectivity index (χ1) is 8.32. The summed E-state index contributed by atoms with van der Waals surface area (Å²) < 4.78 is 38.9. The number of nitrogens with one attached hydrogen (secondary N) is 1. The number of benzene rings is 1. The fraction of sp³-hybridized carbons (Fsp3) is 0.538. The summed E-state index contributed by atoms with van der Waals surface area (Å²) in [5.74, 6) is 0. The Bertz CT molecular complexity index is 349. The Morgan fingerprint density at radius 1 is 1.17 bits per heavy atom. The number of likely N-dealkylation sites (N-methyl/N-ethyl adjacent to an activating group) is 1. The van der Waals surface area contributed by atoms with E-state index in [1.54, 1.807) is 18.2 Å². The molecular formula is C13H19F3N2. The Morgan fingerprint density at radius 2 is 1.72 bits per heavy atom. The Balaban J connectivity index is 2.76. The summed E-state index contributed by atoms with van der Waals surface area (Å²) in [7, 11) is 3.69. The van der Waals surface area contributed by atoms with E-state index < -0.39 is 12.2 Å². The third-order valence-electron chi connectivity index (χ3n) is 2.96. The number of halogens is 3. The highest BCUT2D eigenvalue weighted by molar-refractivity contribution is 5.20. The van der Waals surface area contributed by atoms with Gasteiger partial charge in [-0.05, 0) is 26.6 Å². The van der Waals surface area contributed by atoms with Crippen LogP contribution in [0.2, 0.25) is 0 Å². The molecule has 18 heavy (non-hydrogen) atoms. The Labute approximate surface area is 106 Å². The van der Waals surface area contributed by atoms with Crippen molar-refractivity contribution < 1.29 is 13.2 Å². The van der Waals surface area contributed by atoms with E-state index in [2.05, 4.69) is 5.32 Å². The zero-order valence-electron chi connectivity index (χ0n) is 10.8. The quantitative estimate of drug-likeness (QED) is 0.875. The molecule has 0 bridgehead atoms. The molecule has 2 atom stereocenters. The van der Waals surface area contributed by atoms with Gasteiger partial charge in [0.2, 0.25) is 0 Å². The monoisotopic (exact) mass is 260 g/mol. The fourth-order valence-corrected chi connectivity index (χ4v) is 1.54. The standard InChI is InChI=1S/C13H19F3N2/c1-10(18(2)3)9-17-12(13(14,15)16)11-7-5-4-6-8-11/h4-8,10,12,17H,9H2,1-3H3. The van der Waals surface area contributed by atoms with Gasteiger partial charge in [-0.15, -0.1) is 0 Å². The van der Waals surface area contributed by atoms with E-state index in [4.69, 9.17) is 0 Å². The van der Waals surface area contributed by atoms with Crippen LogP contribution >= 0.6 is 0 Å². The molecule has 2 unspecified atom stereocenters. The zero-order valence-corrected chi connectivity index (χ0v) is 10.8. The molecule has 1 N–H and O–H groups in total. The van der Waals surface area contributed by atoms with Crippen LogP contribution in [0.25, 0.3) is 0 Å². The number of alkyl halides is 3. The van der Waals surface area contributed by atoms with E-state index in [1.165, 1.54) is 12.1 Å². The van der Waals surface area contributed by atoms with Gasteiger partial charge >= 0.3 is 6.18 Å². The van der Waals surface area contributed by atoms with Gasteiger partial charge in [0.05, 0.1) is 0 Å².